The third kappa shape index (κ3) is 5.85. The van der Waals surface area contributed by atoms with Crippen molar-refractivity contribution in [2.45, 2.75) is 51.5 Å². The Hall–Kier alpha value is -0.160. The average Bonchev–Trinajstić information content (AvgIpc) is 2.67. The normalized spacial score (nSPS) is 24.7. The largest absolute Gasteiger partial charge is 0.329 e. The molecule has 0 aliphatic carbocycles. The van der Waals surface area contributed by atoms with Crippen LogP contribution in [0.1, 0.15) is 46.0 Å². The van der Waals surface area contributed by atoms with Crippen LogP contribution in [0, 0.1) is 0 Å². The van der Waals surface area contributed by atoms with Crippen LogP contribution in [0.5, 0.6) is 0 Å². The molecule has 1 fully saturated rings. The van der Waals surface area contributed by atoms with Gasteiger partial charge in [-0.3, -0.25) is 4.90 Å². The Morgan fingerprint density at radius 3 is 2.43 bits per heavy atom. The lowest BCUT2D eigenvalue weighted by atomic mass is 9.88. The molecule has 1 aliphatic heterocycles. The monoisotopic (exact) mass is 298 g/mol. The maximum atomic E-state index is 6.26. The second-order valence-electron chi connectivity index (χ2n) is 6.86. The highest BCUT2D eigenvalue weighted by atomic mass is 15.2. The highest BCUT2D eigenvalue weighted by molar-refractivity contribution is 4.94. The van der Waals surface area contributed by atoms with Gasteiger partial charge in [-0.2, -0.15) is 0 Å². The molecule has 4 heteroatoms. The van der Waals surface area contributed by atoms with Gasteiger partial charge in [0.05, 0.1) is 0 Å². The molecular weight excluding hydrogens is 260 g/mol. The number of likely N-dealkylation sites (N-methyl/N-ethyl adjacent to an activating group) is 1. The van der Waals surface area contributed by atoms with E-state index in [4.69, 9.17) is 5.73 Å². The second kappa shape index (κ2) is 9.78. The van der Waals surface area contributed by atoms with E-state index in [1.807, 2.05) is 0 Å². The number of rotatable bonds is 9. The fraction of sp³-hybridized carbons (Fsp3) is 1.00. The minimum absolute atomic E-state index is 0.240. The van der Waals surface area contributed by atoms with Crippen molar-refractivity contribution in [3.63, 3.8) is 0 Å². The van der Waals surface area contributed by atoms with Crippen LogP contribution >= 0.6 is 0 Å². The maximum Gasteiger partial charge on any atom is 0.0344 e. The summed E-state index contributed by atoms with van der Waals surface area (Å²) in [5, 5.41) is 0. The summed E-state index contributed by atoms with van der Waals surface area (Å²) >= 11 is 0. The molecule has 1 heterocycles. The molecule has 1 rings (SSSR count). The van der Waals surface area contributed by atoms with Gasteiger partial charge in [-0.1, -0.05) is 13.8 Å². The van der Waals surface area contributed by atoms with Gasteiger partial charge >= 0.3 is 0 Å². The SMILES string of the molecule is CCCN1CCCC(CN)(N(CC)CCCN(C)C)CC1. The van der Waals surface area contributed by atoms with Crippen molar-refractivity contribution < 1.29 is 0 Å². The van der Waals surface area contributed by atoms with Gasteiger partial charge in [0.15, 0.2) is 0 Å². The Morgan fingerprint density at radius 1 is 1.10 bits per heavy atom. The van der Waals surface area contributed by atoms with E-state index in [1.54, 1.807) is 0 Å². The zero-order chi connectivity index (χ0) is 15.7. The van der Waals surface area contributed by atoms with Gasteiger partial charge in [-0.15, -0.1) is 0 Å². The van der Waals surface area contributed by atoms with Crippen molar-refractivity contribution in [1.82, 2.24) is 14.7 Å². The molecule has 2 N–H and O–H groups in total. The predicted molar refractivity (Wildman–Crippen MR) is 92.8 cm³/mol. The van der Waals surface area contributed by atoms with Crippen LogP contribution in [0.4, 0.5) is 0 Å². The fourth-order valence-electron chi connectivity index (χ4n) is 3.73. The quantitative estimate of drug-likeness (QED) is 0.705. The second-order valence-corrected chi connectivity index (χ2v) is 6.86. The van der Waals surface area contributed by atoms with E-state index in [0.717, 1.165) is 13.1 Å². The van der Waals surface area contributed by atoms with E-state index in [2.05, 4.69) is 42.6 Å². The lowest BCUT2D eigenvalue weighted by Gasteiger charge is -2.43. The number of hydrogen-bond donors (Lipinski definition) is 1. The first-order chi connectivity index (χ1) is 10.1. The first-order valence-electron chi connectivity index (χ1n) is 8.90. The summed E-state index contributed by atoms with van der Waals surface area (Å²) in [6.45, 7) is 12.6. The molecule has 4 nitrogen and oxygen atoms in total. The first kappa shape index (κ1) is 18.9. The smallest absolute Gasteiger partial charge is 0.0344 e. The molecule has 1 aliphatic rings. The summed E-state index contributed by atoms with van der Waals surface area (Å²) in [6, 6.07) is 0. The summed E-state index contributed by atoms with van der Waals surface area (Å²) in [6.07, 6.45) is 6.29. The average molecular weight is 299 g/mol. The molecule has 0 amide bonds. The van der Waals surface area contributed by atoms with Crippen LogP contribution in [0.2, 0.25) is 0 Å². The van der Waals surface area contributed by atoms with E-state index in [9.17, 15) is 0 Å². The minimum Gasteiger partial charge on any atom is -0.329 e. The molecule has 1 saturated heterocycles. The van der Waals surface area contributed by atoms with Gasteiger partial charge in [-0.25, -0.2) is 0 Å². The summed E-state index contributed by atoms with van der Waals surface area (Å²) in [7, 11) is 4.31. The van der Waals surface area contributed by atoms with E-state index in [-0.39, 0.29) is 5.54 Å². The third-order valence-electron chi connectivity index (χ3n) is 5.02. The standard InChI is InChI=1S/C17H38N4/c1-5-11-20-13-7-9-17(16-18,10-15-20)21(6-2)14-8-12-19(3)4/h5-16,18H2,1-4H3. The van der Waals surface area contributed by atoms with Crippen LogP contribution in [0.15, 0.2) is 0 Å². The summed E-state index contributed by atoms with van der Waals surface area (Å²) in [4.78, 5) is 7.58. The first-order valence-corrected chi connectivity index (χ1v) is 8.90. The topological polar surface area (TPSA) is 35.7 Å². The van der Waals surface area contributed by atoms with E-state index in [0.29, 0.717) is 0 Å². The van der Waals surface area contributed by atoms with E-state index < -0.39 is 0 Å². The van der Waals surface area contributed by atoms with Gasteiger partial charge in [0.2, 0.25) is 0 Å². The van der Waals surface area contributed by atoms with Gasteiger partial charge in [0, 0.05) is 12.1 Å². The molecule has 0 radical (unpaired) electrons. The molecule has 0 aromatic rings. The summed E-state index contributed by atoms with van der Waals surface area (Å²) in [5.74, 6) is 0. The summed E-state index contributed by atoms with van der Waals surface area (Å²) in [5.41, 5.74) is 6.50. The van der Waals surface area contributed by atoms with Crippen LogP contribution in [0.25, 0.3) is 0 Å². The Bertz CT molecular complexity index is 270. The van der Waals surface area contributed by atoms with E-state index >= 15 is 0 Å². The van der Waals surface area contributed by atoms with Gasteiger partial charge in [-0.05, 0) is 85.5 Å². The zero-order valence-electron chi connectivity index (χ0n) is 14.9. The molecule has 0 aromatic heterocycles. The molecule has 0 aromatic carbocycles. The van der Waals surface area contributed by atoms with Crippen molar-refractivity contribution in [2.24, 2.45) is 5.73 Å². The van der Waals surface area contributed by atoms with Crippen molar-refractivity contribution >= 4 is 0 Å². The van der Waals surface area contributed by atoms with Crippen LogP contribution in [0.3, 0.4) is 0 Å². The number of hydrogen-bond acceptors (Lipinski definition) is 4. The lowest BCUT2D eigenvalue weighted by molar-refractivity contribution is 0.0797. The molecular formula is C17H38N4. The molecule has 1 unspecified atom stereocenters. The molecule has 0 bridgehead atoms. The van der Waals surface area contributed by atoms with E-state index in [1.165, 1.54) is 64.8 Å². The lowest BCUT2D eigenvalue weighted by Crippen LogP contribution is -2.54. The highest BCUT2D eigenvalue weighted by Gasteiger charge is 2.35. The Labute approximate surface area is 132 Å². The molecule has 0 saturated carbocycles. The van der Waals surface area contributed by atoms with Crippen molar-refractivity contribution in [3.8, 4) is 0 Å². The maximum absolute atomic E-state index is 6.26. The Balaban J connectivity index is 2.62. The van der Waals surface area contributed by atoms with Crippen molar-refractivity contribution in [2.75, 3.05) is 59.9 Å². The molecule has 0 spiro atoms. The van der Waals surface area contributed by atoms with Crippen LogP contribution < -0.4 is 5.73 Å². The Kier molecular flexibility index (Phi) is 8.79. The van der Waals surface area contributed by atoms with Gasteiger partial charge < -0.3 is 15.5 Å². The number of nitrogens with zero attached hydrogens (tertiary/aromatic N) is 3. The molecule has 1 atom stereocenters. The van der Waals surface area contributed by atoms with Crippen LogP contribution in [-0.2, 0) is 0 Å². The Morgan fingerprint density at radius 2 is 1.86 bits per heavy atom. The zero-order valence-corrected chi connectivity index (χ0v) is 14.9. The van der Waals surface area contributed by atoms with Crippen molar-refractivity contribution in [1.29, 1.82) is 0 Å². The van der Waals surface area contributed by atoms with Crippen LogP contribution in [-0.4, -0.2) is 80.1 Å². The number of nitrogens with two attached hydrogens (primary N) is 1. The molecule has 126 valence electrons. The predicted octanol–water partition coefficient (Wildman–Crippen LogP) is 1.85. The third-order valence-corrected chi connectivity index (χ3v) is 5.02. The van der Waals surface area contributed by atoms with Crippen molar-refractivity contribution in [3.05, 3.63) is 0 Å². The fourth-order valence-corrected chi connectivity index (χ4v) is 3.73. The summed E-state index contributed by atoms with van der Waals surface area (Å²) < 4.78 is 0. The highest BCUT2D eigenvalue weighted by Crippen LogP contribution is 2.28. The van der Waals surface area contributed by atoms with Gasteiger partial charge in [0.1, 0.15) is 0 Å². The number of likely N-dealkylation sites (tertiary alicyclic amines) is 1. The molecule has 21 heavy (non-hydrogen) atoms. The van der Waals surface area contributed by atoms with Gasteiger partial charge in [0.25, 0.3) is 0 Å². The minimum atomic E-state index is 0.240.